The van der Waals surface area contributed by atoms with Crippen molar-refractivity contribution in [2.45, 2.75) is 13.0 Å². The number of esters is 1. The van der Waals surface area contributed by atoms with Gasteiger partial charge in [0, 0.05) is 26.2 Å². The first kappa shape index (κ1) is 17.8. The summed E-state index contributed by atoms with van der Waals surface area (Å²) in [4.78, 5) is 27.9. The molecule has 134 valence electrons. The number of nitrogens with zero attached hydrogens (tertiary/aromatic N) is 2. The van der Waals surface area contributed by atoms with Crippen molar-refractivity contribution in [3.63, 3.8) is 0 Å². The summed E-state index contributed by atoms with van der Waals surface area (Å²) in [5.41, 5.74) is 0. The summed E-state index contributed by atoms with van der Waals surface area (Å²) in [6.45, 7) is 3.45. The molecule has 0 bridgehead atoms. The minimum atomic E-state index is -0.483. The zero-order valence-corrected chi connectivity index (χ0v) is 15.5. The van der Waals surface area contributed by atoms with E-state index in [1.165, 1.54) is 7.11 Å². The lowest BCUT2D eigenvalue weighted by Crippen LogP contribution is -2.34. The molecule has 0 N–H and O–H groups in total. The first-order chi connectivity index (χ1) is 12.1. The second kappa shape index (κ2) is 7.88. The van der Waals surface area contributed by atoms with Crippen LogP contribution in [0.25, 0.3) is 0 Å². The van der Waals surface area contributed by atoms with Gasteiger partial charge in [-0.05, 0) is 46.6 Å². The molecule has 1 aliphatic rings. The summed E-state index contributed by atoms with van der Waals surface area (Å²) in [6.07, 6.45) is 0.859. The van der Waals surface area contributed by atoms with E-state index in [1.54, 1.807) is 29.2 Å². The van der Waals surface area contributed by atoms with Crippen LogP contribution in [0.5, 0.6) is 0 Å². The van der Waals surface area contributed by atoms with Crippen LogP contribution < -0.4 is 0 Å². The molecule has 0 aliphatic carbocycles. The molecule has 25 heavy (non-hydrogen) atoms. The summed E-state index contributed by atoms with van der Waals surface area (Å²) < 4.78 is 16.0. The number of methoxy groups -OCH3 is 1. The molecule has 0 saturated carbocycles. The maximum absolute atomic E-state index is 12.5. The van der Waals surface area contributed by atoms with Crippen LogP contribution >= 0.6 is 15.9 Å². The third-order valence-corrected chi connectivity index (χ3v) is 4.51. The average molecular weight is 411 g/mol. The second-order valence-corrected chi connectivity index (χ2v) is 6.56. The van der Waals surface area contributed by atoms with Gasteiger partial charge in [-0.15, -0.1) is 0 Å². The molecule has 2 aromatic rings. The standard InChI is InChI=1S/C17H19BrN2O5/c1-23-17(22)14-4-3-12(24-14)11-19-7-2-8-20(10-9-19)16(21)13-5-6-15(18)25-13/h3-6H,2,7-11H2,1H3. The Hall–Kier alpha value is -2.06. The Morgan fingerprint density at radius 2 is 1.88 bits per heavy atom. The van der Waals surface area contributed by atoms with Crippen molar-refractivity contribution < 1.29 is 23.2 Å². The average Bonchev–Trinajstić information content (AvgIpc) is 3.18. The van der Waals surface area contributed by atoms with Gasteiger partial charge in [0.25, 0.3) is 5.91 Å². The van der Waals surface area contributed by atoms with Crippen molar-refractivity contribution in [3.8, 4) is 0 Å². The topological polar surface area (TPSA) is 76.1 Å². The van der Waals surface area contributed by atoms with Crippen LogP contribution in [0, 0.1) is 0 Å². The molecule has 1 amide bonds. The van der Waals surface area contributed by atoms with Crippen molar-refractivity contribution in [2.75, 3.05) is 33.3 Å². The van der Waals surface area contributed by atoms with Crippen LogP contribution in [-0.2, 0) is 11.3 Å². The Morgan fingerprint density at radius 3 is 2.60 bits per heavy atom. The van der Waals surface area contributed by atoms with Crippen molar-refractivity contribution in [1.82, 2.24) is 9.80 Å². The molecule has 1 saturated heterocycles. The van der Waals surface area contributed by atoms with Crippen LogP contribution in [0.2, 0.25) is 0 Å². The van der Waals surface area contributed by atoms with Gasteiger partial charge in [-0.1, -0.05) is 0 Å². The molecule has 3 heterocycles. The van der Waals surface area contributed by atoms with Crippen molar-refractivity contribution >= 4 is 27.8 Å². The highest BCUT2D eigenvalue weighted by molar-refractivity contribution is 9.10. The summed E-state index contributed by atoms with van der Waals surface area (Å²) in [7, 11) is 1.32. The fourth-order valence-corrected chi connectivity index (χ4v) is 3.12. The van der Waals surface area contributed by atoms with Gasteiger partial charge in [-0.3, -0.25) is 9.69 Å². The molecule has 1 aliphatic heterocycles. The Bertz CT molecular complexity index is 754. The smallest absolute Gasteiger partial charge is 0.373 e. The maximum Gasteiger partial charge on any atom is 0.373 e. The number of amides is 1. The molecule has 0 aromatic carbocycles. The van der Waals surface area contributed by atoms with E-state index in [-0.39, 0.29) is 11.7 Å². The molecular weight excluding hydrogens is 392 g/mol. The highest BCUT2D eigenvalue weighted by atomic mass is 79.9. The van der Waals surface area contributed by atoms with E-state index in [0.29, 0.717) is 35.8 Å². The Labute approximate surface area is 153 Å². The molecule has 0 spiro atoms. The number of halogens is 1. The molecule has 1 fully saturated rings. The summed E-state index contributed by atoms with van der Waals surface area (Å²) in [5.74, 6) is 0.666. The molecule has 7 nitrogen and oxygen atoms in total. The first-order valence-corrected chi connectivity index (χ1v) is 8.80. The largest absolute Gasteiger partial charge is 0.463 e. The van der Waals surface area contributed by atoms with Gasteiger partial charge in [0.05, 0.1) is 13.7 Å². The lowest BCUT2D eigenvalue weighted by atomic mass is 10.3. The molecule has 3 rings (SSSR count). The molecular formula is C17H19BrN2O5. The van der Waals surface area contributed by atoms with Crippen LogP contribution in [0.3, 0.4) is 0 Å². The van der Waals surface area contributed by atoms with E-state index in [1.807, 2.05) is 0 Å². The van der Waals surface area contributed by atoms with Gasteiger partial charge >= 0.3 is 5.97 Å². The molecule has 0 radical (unpaired) electrons. The third-order valence-electron chi connectivity index (χ3n) is 4.09. The van der Waals surface area contributed by atoms with Gasteiger partial charge in [-0.25, -0.2) is 4.79 Å². The van der Waals surface area contributed by atoms with Gasteiger partial charge < -0.3 is 18.5 Å². The zero-order valence-electron chi connectivity index (χ0n) is 13.9. The van der Waals surface area contributed by atoms with E-state index in [0.717, 1.165) is 19.5 Å². The monoisotopic (exact) mass is 410 g/mol. The number of ether oxygens (including phenoxy) is 1. The van der Waals surface area contributed by atoms with Crippen LogP contribution in [0.1, 0.15) is 33.3 Å². The van der Waals surface area contributed by atoms with Crippen LogP contribution in [0.15, 0.2) is 37.8 Å². The number of rotatable bonds is 4. The Morgan fingerprint density at radius 1 is 1.08 bits per heavy atom. The van der Waals surface area contributed by atoms with E-state index in [9.17, 15) is 9.59 Å². The van der Waals surface area contributed by atoms with Gasteiger partial charge in [0.15, 0.2) is 10.4 Å². The minimum absolute atomic E-state index is 0.0986. The highest BCUT2D eigenvalue weighted by Gasteiger charge is 2.23. The number of hydrogen-bond donors (Lipinski definition) is 0. The van der Waals surface area contributed by atoms with Crippen molar-refractivity contribution in [2.24, 2.45) is 0 Å². The lowest BCUT2D eigenvalue weighted by Gasteiger charge is -2.20. The summed E-state index contributed by atoms with van der Waals surface area (Å²) >= 11 is 3.21. The molecule has 8 heteroatoms. The first-order valence-electron chi connectivity index (χ1n) is 8.01. The van der Waals surface area contributed by atoms with Gasteiger partial charge in [-0.2, -0.15) is 0 Å². The molecule has 2 aromatic heterocycles. The predicted octanol–water partition coefficient (Wildman–Crippen LogP) is 2.77. The minimum Gasteiger partial charge on any atom is -0.463 e. The van der Waals surface area contributed by atoms with Crippen LogP contribution in [-0.4, -0.2) is 55.0 Å². The zero-order chi connectivity index (χ0) is 17.8. The summed E-state index contributed by atoms with van der Waals surface area (Å²) in [6, 6.07) is 6.78. The van der Waals surface area contributed by atoms with Gasteiger partial charge in [0.1, 0.15) is 5.76 Å². The van der Waals surface area contributed by atoms with E-state index in [2.05, 4.69) is 25.6 Å². The number of furan rings is 2. The quantitative estimate of drug-likeness (QED) is 0.721. The number of carbonyl (C=O) groups is 2. The Kier molecular flexibility index (Phi) is 5.60. The van der Waals surface area contributed by atoms with Crippen molar-refractivity contribution in [1.29, 1.82) is 0 Å². The lowest BCUT2D eigenvalue weighted by molar-refractivity contribution is 0.0560. The number of carbonyl (C=O) groups excluding carboxylic acids is 2. The predicted molar refractivity (Wildman–Crippen MR) is 92.3 cm³/mol. The fourth-order valence-electron chi connectivity index (χ4n) is 2.81. The Balaban J connectivity index is 1.57. The highest BCUT2D eigenvalue weighted by Crippen LogP contribution is 2.18. The molecule has 0 unspecified atom stereocenters. The summed E-state index contributed by atoms with van der Waals surface area (Å²) in [5, 5.41) is 0. The SMILES string of the molecule is COC(=O)c1ccc(CN2CCCN(C(=O)c3ccc(Br)o3)CC2)o1. The fraction of sp³-hybridized carbons (Fsp3) is 0.412. The maximum atomic E-state index is 12.5. The second-order valence-electron chi connectivity index (χ2n) is 5.78. The normalized spacial score (nSPS) is 15.8. The van der Waals surface area contributed by atoms with Crippen molar-refractivity contribution in [3.05, 3.63) is 46.2 Å². The van der Waals surface area contributed by atoms with E-state index < -0.39 is 5.97 Å². The third kappa shape index (κ3) is 4.32. The van der Waals surface area contributed by atoms with E-state index >= 15 is 0 Å². The molecule has 0 atom stereocenters. The number of hydrogen-bond acceptors (Lipinski definition) is 6. The van der Waals surface area contributed by atoms with E-state index in [4.69, 9.17) is 8.83 Å². The van der Waals surface area contributed by atoms with Gasteiger partial charge in [0.2, 0.25) is 5.76 Å². The van der Waals surface area contributed by atoms with Crippen LogP contribution in [0.4, 0.5) is 0 Å².